The van der Waals surface area contributed by atoms with Crippen LogP contribution in [0.5, 0.6) is 5.75 Å². The van der Waals surface area contributed by atoms with E-state index in [2.05, 4.69) is 21.3 Å². The zero-order valence-corrected chi connectivity index (χ0v) is 18.2. The number of carbonyl (C=O) groups excluding carboxylic acids is 1. The highest BCUT2D eigenvalue weighted by Crippen LogP contribution is 2.46. The number of hydrogen-bond donors (Lipinski definition) is 2. The predicted molar refractivity (Wildman–Crippen MR) is 117 cm³/mol. The molecule has 3 fully saturated rings. The molecule has 2 N–H and O–H groups in total. The van der Waals surface area contributed by atoms with Gasteiger partial charge in [0.2, 0.25) is 0 Å². The summed E-state index contributed by atoms with van der Waals surface area (Å²) in [4.78, 5) is 21.7. The number of carbonyl (C=O) groups is 1. The molecule has 162 valence electrons. The summed E-state index contributed by atoms with van der Waals surface area (Å²) in [7, 11) is 3.48. The van der Waals surface area contributed by atoms with Crippen molar-refractivity contribution < 1.29 is 19.4 Å². The highest BCUT2D eigenvalue weighted by atomic mass is 32.1. The molecule has 2 heterocycles. The van der Waals surface area contributed by atoms with Crippen LogP contribution in [0.15, 0.2) is 12.1 Å². The summed E-state index contributed by atoms with van der Waals surface area (Å²) in [6.07, 6.45) is 2.50. The van der Waals surface area contributed by atoms with Gasteiger partial charge in [0.1, 0.15) is 11.3 Å². The highest BCUT2D eigenvalue weighted by Gasteiger charge is 2.47. The minimum absolute atomic E-state index is 0.145. The van der Waals surface area contributed by atoms with Crippen molar-refractivity contribution in [1.82, 2.24) is 9.88 Å². The van der Waals surface area contributed by atoms with E-state index < -0.39 is 0 Å². The Morgan fingerprint density at radius 1 is 1.30 bits per heavy atom. The van der Waals surface area contributed by atoms with Crippen LogP contribution >= 0.6 is 11.3 Å². The van der Waals surface area contributed by atoms with Crippen molar-refractivity contribution >= 4 is 38.4 Å². The number of benzene rings is 1. The Bertz CT molecular complexity index is 942. The Morgan fingerprint density at radius 2 is 2.10 bits per heavy atom. The molecule has 1 aromatic carbocycles. The van der Waals surface area contributed by atoms with Gasteiger partial charge in [0, 0.05) is 26.2 Å². The normalized spacial score (nSPS) is 28.2. The maximum absolute atomic E-state index is 12.9. The van der Waals surface area contributed by atoms with E-state index in [1.165, 1.54) is 11.3 Å². The van der Waals surface area contributed by atoms with E-state index in [1.807, 2.05) is 13.1 Å². The molecule has 1 aliphatic heterocycles. The van der Waals surface area contributed by atoms with E-state index in [4.69, 9.17) is 9.47 Å². The van der Waals surface area contributed by atoms with Crippen LogP contribution in [-0.2, 0) is 4.74 Å². The Balaban J connectivity index is 1.37. The van der Waals surface area contributed by atoms with Gasteiger partial charge in [-0.25, -0.2) is 9.78 Å². The zero-order valence-electron chi connectivity index (χ0n) is 17.3. The smallest absolute Gasteiger partial charge is 0.323 e. The van der Waals surface area contributed by atoms with Gasteiger partial charge in [-0.1, -0.05) is 11.3 Å². The van der Waals surface area contributed by atoms with Crippen molar-refractivity contribution in [2.45, 2.75) is 31.4 Å². The maximum atomic E-state index is 12.9. The topological polar surface area (TPSA) is 87.2 Å². The number of hydrogen-bond acceptors (Lipinski definition) is 7. The first kappa shape index (κ1) is 19.8. The first-order valence-electron chi connectivity index (χ1n) is 10.6. The van der Waals surface area contributed by atoms with Crippen LogP contribution in [0.4, 0.5) is 15.6 Å². The Labute approximate surface area is 179 Å². The second-order valence-electron chi connectivity index (χ2n) is 8.49. The summed E-state index contributed by atoms with van der Waals surface area (Å²) in [5.41, 5.74) is 1.87. The van der Waals surface area contributed by atoms with Crippen LogP contribution in [0, 0.1) is 11.8 Å². The lowest BCUT2D eigenvalue weighted by Crippen LogP contribution is -2.44. The van der Waals surface area contributed by atoms with Crippen molar-refractivity contribution in [3.8, 4) is 5.75 Å². The molecular formula is C21H28N4O4S. The number of aliphatic hydroxyl groups excluding tert-OH is 1. The molecule has 0 unspecified atom stereocenters. The third kappa shape index (κ3) is 3.38. The van der Waals surface area contributed by atoms with Crippen molar-refractivity contribution in [2.24, 2.45) is 11.8 Å². The molecule has 3 aliphatic rings. The molecular weight excluding hydrogens is 404 g/mol. The van der Waals surface area contributed by atoms with E-state index in [-0.39, 0.29) is 18.2 Å². The number of ether oxygens (including phenoxy) is 2. The fourth-order valence-corrected chi connectivity index (χ4v) is 6.27. The zero-order chi connectivity index (χ0) is 20.8. The number of nitrogens with zero attached hydrogens (tertiary/aromatic N) is 3. The predicted octanol–water partition coefficient (Wildman–Crippen LogP) is 2.76. The number of rotatable bonds is 4. The number of nitrogens with one attached hydrogen (secondary N) is 1. The van der Waals surface area contributed by atoms with Gasteiger partial charge in [-0.15, -0.1) is 0 Å². The van der Waals surface area contributed by atoms with Crippen molar-refractivity contribution in [2.75, 3.05) is 50.7 Å². The Kier molecular flexibility index (Phi) is 5.20. The summed E-state index contributed by atoms with van der Waals surface area (Å²) in [5, 5.41) is 13.6. The lowest BCUT2D eigenvalue weighted by atomic mass is 9.92. The fourth-order valence-electron chi connectivity index (χ4n) is 5.26. The lowest BCUT2D eigenvalue weighted by Gasteiger charge is -2.32. The molecule has 9 heteroatoms. The molecule has 2 amide bonds. The number of aromatic nitrogens is 1. The van der Waals surface area contributed by atoms with Gasteiger partial charge < -0.3 is 24.4 Å². The number of thiazole rings is 1. The second-order valence-corrected chi connectivity index (χ2v) is 9.49. The van der Waals surface area contributed by atoms with E-state index in [9.17, 15) is 9.90 Å². The van der Waals surface area contributed by atoms with Gasteiger partial charge in [0.05, 0.1) is 36.8 Å². The van der Waals surface area contributed by atoms with Crippen molar-refractivity contribution in [3.63, 3.8) is 0 Å². The first-order chi connectivity index (χ1) is 14.5. The van der Waals surface area contributed by atoms with Gasteiger partial charge in [-0.2, -0.15) is 0 Å². The van der Waals surface area contributed by atoms with Gasteiger partial charge in [-0.05, 0) is 43.2 Å². The highest BCUT2D eigenvalue weighted by molar-refractivity contribution is 7.23. The average Bonchev–Trinajstić information content (AvgIpc) is 3.46. The van der Waals surface area contributed by atoms with Gasteiger partial charge >= 0.3 is 6.03 Å². The fraction of sp³-hybridized carbons (Fsp3) is 0.619. The molecule has 5 rings (SSSR count). The monoisotopic (exact) mass is 432 g/mol. The van der Waals surface area contributed by atoms with Gasteiger partial charge in [0.25, 0.3) is 0 Å². The van der Waals surface area contributed by atoms with Crippen LogP contribution in [0.3, 0.4) is 0 Å². The van der Waals surface area contributed by atoms with Crippen LogP contribution in [0.1, 0.15) is 19.3 Å². The molecule has 1 saturated heterocycles. The number of fused-ring (bicyclic) bond motifs is 3. The van der Waals surface area contributed by atoms with Crippen molar-refractivity contribution in [3.05, 3.63) is 12.1 Å². The third-order valence-corrected chi connectivity index (χ3v) is 7.86. The van der Waals surface area contributed by atoms with Gasteiger partial charge in [-0.3, -0.25) is 5.32 Å². The number of methoxy groups -OCH3 is 1. The average molecular weight is 433 g/mol. The molecule has 2 aliphatic carbocycles. The van der Waals surface area contributed by atoms with Crippen LogP contribution < -0.4 is 15.0 Å². The molecule has 4 atom stereocenters. The van der Waals surface area contributed by atoms with Crippen LogP contribution in [0.25, 0.3) is 10.2 Å². The second kappa shape index (κ2) is 7.86. The van der Waals surface area contributed by atoms with E-state index in [0.29, 0.717) is 35.9 Å². The van der Waals surface area contributed by atoms with E-state index >= 15 is 0 Å². The molecule has 0 spiro atoms. The van der Waals surface area contributed by atoms with Crippen LogP contribution in [0.2, 0.25) is 0 Å². The van der Waals surface area contributed by atoms with Gasteiger partial charge in [0.15, 0.2) is 5.13 Å². The number of amides is 2. The number of aliphatic hydroxyl groups is 1. The SMILES string of the molecule is COc1ccc(N2CCOCC2)c2sc(NC(=O)N(C)[C@H]3C[C@H]4C[C@@H]3C[C@@H]4O)nc12. The largest absolute Gasteiger partial charge is 0.494 e. The molecule has 30 heavy (non-hydrogen) atoms. The van der Waals surface area contributed by atoms with Crippen molar-refractivity contribution in [1.29, 1.82) is 0 Å². The van der Waals surface area contributed by atoms with Crippen LogP contribution in [-0.4, -0.2) is 73.6 Å². The molecule has 2 aromatic rings. The quantitative estimate of drug-likeness (QED) is 0.773. The molecule has 8 nitrogen and oxygen atoms in total. The maximum Gasteiger partial charge on any atom is 0.323 e. The third-order valence-electron chi connectivity index (χ3n) is 6.87. The Hall–Kier alpha value is -2.10. The number of morpholine rings is 1. The summed E-state index contributed by atoms with van der Waals surface area (Å²) in [5.74, 6) is 1.43. The summed E-state index contributed by atoms with van der Waals surface area (Å²) < 4.78 is 12.0. The van der Waals surface area contributed by atoms with E-state index in [1.54, 1.807) is 12.0 Å². The number of urea groups is 1. The molecule has 0 radical (unpaired) electrons. The number of anilines is 2. The lowest BCUT2D eigenvalue weighted by molar-refractivity contribution is 0.0834. The molecule has 2 saturated carbocycles. The standard InChI is InChI=1S/C21H28N4O4S/c1-24(15-10-13-9-12(15)11-16(13)26)21(27)23-20-22-18-17(28-2)4-3-14(19(18)30-20)25-5-7-29-8-6-25/h3-4,12-13,15-16,26H,5-11H2,1-2H3,(H,22,23,27)/t12-,13-,15+,16+/m1/s1. The minimum Gasteiger partial charge on any atom is -0.494 e. The molecule has 2 bridgehead atoms. The first-order valence-corrected chi connectivity index (χ1v) is 11.4. The minimum atomic E-state index is -0.196. The summed E-state index contributed by atoms with van der Waals surface area (Å²) in [6.45, 7) is 3.08. The summed E-state index contributed by atoms with van der Waals surface area (Å²) in [6, 6.07) is 4.04. The Morgan fingerprint density at radius 3 is 2.77 bits per heavy atom. The molecule has 1 aromatic heterocycles. The van der Waals surface area contributed by atoms with E-state index in [0.717, 1.165) is 48.3 Å². The summed E-state index contributed by atoms with van der Waals surface area (Å²) >= 11 is 1.48.